The fourth-order valence-corrected chi connectivity index (χ4v) is 1.61. The van der Waals surface area contributed by atoms with E-state index in [4.69, 9.17) is 0 Å². The number of hydrogen-bond donors (Lipinski definition) is 1. The lowest BCUT2D eigenvalue weighted by molar-refractivity contribution is 0.281. The Morgan fingerprint density at radius 3 is 2.90 bits per heavy atom. The third kappa shape index (κ3) is 1.84. The maximum absolute atomic E-state index is 3.76. The summed E-state index contributed by atoms with van der Waals surface area (Å²) in [4.78, 5) is 0. The zero-order valence-corrected chi connectivity index (χ0v) is 6.82. The lowest BCUT2D eigenvalue weighted by atomic mass is 9.88. The van der Waals surface area contributed by atoms with Gasteiger partial charge in [0.25, 0.3) is 0 Å². The van der Waals surface area contributed by atoms with Crippen molar-refractivity contribution in [2.45, 2.75) is 38.1 Å². The highest BCUT2D eigenvalue weighted by molar-refractivity contribution is 4.91. The molecule has 10 heavy (non-hydrogen) atoms. The van der Waals surface area contributed by atoms with Gasteiger partial charge in [-0.25, -0.2) is 0 Å². The van der Waals surface area contributed by atoms with Crippen molar-refractivity contribution in [1.82, 2.24) is 5.32 Å². The SMILES string of the molecule is C=CCC1(C)CCCCN1. The molecule has 1 rings (SSSR count). The summed E-state index contributed by atoms with van der Waals surface area (Å²) in [5.74, 6) is 0. The maximum atomic E-state index is 3.76. The van der Waals surface area contributed by atoms with Crippen molar-refractivity contribution in [3.8, 4) is 0 Å². The van der Waals surface area contributed by atoms with E-state index in [1.807, 2.05) is 6.08 Å². The standard InChI is InChI=1S/C9H17N/c1-3-6-9(2)7-4-5-8-10-9/h3,10H,1,4-8H2,2H3. The van der Waals surface area contributed by atoms with Gasteiger partial charge in [0.05, 0.1) is 0 Å². The molecule has 1 saturated heterocycles. The average molecular weight is 139 g/mol. The van der Waals surface area contributed by atoms with Gasteiger partial charge < -0.3 is 5.32 Å². The van der Waals surface area contributed by atoms with E-state index in [9.17, 15) is 0 Å². The van der Waals surface area contributed by atoms with Crippen LogP contribution in [0.4, 0.5) is 0 Å². The van der Waals surface area contributed by atoms with Crippen LogP contribution >= 0.6 is 0 Å². The highest BCUT2D eigenvalue weighted by Crippen LogP contribution is 2.21. The molecule has 1 unspecified atom stereocenters. The molecule has 1 aliphatic rings. The molecular formula is C9H17N. The first-order valence-electron chi connectivity index (χ1n) is 4.13. The van der Waals surface area contributed by atoms with Gasteiger partial charge >= 0.3 is 0 Å². The molecule has 1 atom stereocenters. The Kier molecular flexibility index (Phi) is 2.50. The van der Waals surface area contributed by atoms with Crippen LogP contribution in [-0.2, 0) is 0 Å². The molecule has 0 saturated carbocycles. The molecule has 1 N–H and O–H groups in total. The van der Waals surface area contributed by atoms with Gasteiger partial charge in [0, 0.05) is 5.54 Å². The third-order valence-electron chi connectivity index (χ3n) is 2.30. The van der Waals surface area contributed by atoms with E-state index < -0.39 is 0 Å². The van der Waals surface area contributed by atoms with Crippen LogP contribution in [0.5, 0.6) is 0 Å². The second-order valence-electron chi connectivity index (χ2n) is 3.44. The van der Waals surface area contributed by atoms with Gasteiger partial charge in [0.15, 0.2) is 0 Å². The molecule has 0 amide bonds. The first-order valence-corrected chi connectivity index (χ1v) is 4.13. The van der Waals surface area contributed by atoms with Gasteiger partial charge in [-0.05, 0) is 32.7 Å². The van der Waals surface area contributed by atoms with Crippen molar-refractivity contribution in [2.24, 2.45) is 0 Å². The second kappa shape index (κ2) is 3.20. The van der Waals surface area contributed by atoms with E-state index in [1.165, 1.54) is 25.8 Å². The maximum Gasteiger partial charge on any atom is 0.0187 e. The first kappa shape index (κ1) is 7.80. The van der Waals surface area contributed by atoms with Crippen LogP contribution in [0.2, 0.25) is 0 Å². The molecule has 0 aliphatic carbocycles. The van der Waals surface area contributed by atoms with Crippen molar-refractivity contribution in [1.29, 1.82) is 0 Å². The van der Waals surface area contributed by atoms with Gasteiger partial charge in [0.1, 0.15) is 0 Å². The zero-order valence-electron chi connectivity index (χ0n) is 6.82. The summed E-state index contributed by atoms with van der Waals surface area (Å²) in [7, 11) is 0. The summed E-state index contributed by atoms with van der Waals surface area (Å²) >= 11 is 0. The van der Waals surface area contributed by atoms with Gasteiger partial charge in [-0.15, -0.1) is 6.58 Å². The fraction of sp³-hybridized carbons (Fsp3) is 0.778. The second-order valence-corrected chi connectivity index (χ2v) is 3.44. The first-order chi connectivity index (χ1) is 4.77. The van der Waals surface area contributed by atoms with E-state index in [0.717, 1.165) is 6.42 Å². The van der Waals surface area contributed by atoms with E-state index >= 15 is 0 Å². The molecule has 0 spiro atoms. The minimum absolute atomic E-state index is 0.361. The van der Waals surface area contributed by atoms with Crippen molar-refractivity contribution in [3.63, 3.8) is 0 Å². The molecule has 0 aromatic rings. The zero-order chi connectivity index (χ0) is 7.45. The molecule has 1 nitrogen and oxygen atoms in total. The molecule has 1 fully saturated rings. The van der Waals surface area contributed by atoms with E-state index in [1.54, 1.807) is 0 Å². The largest absolute Gasteiger partial charge is 0.311 e. The lowest BCUT2D eigenvalue weighted by Crippen LogP contribution is -2.45. The summed E-state index contributed by atoms with van der Waals surface area (Å²) in [5, 5.41) is 3.53. The Hall–Kier alpha value is -0.300. The predicted molar refractivity (Wildman–Crippen MR) is 45.1 cm³/mol. The fourth-order valence-electron chi connectivity index (χ4n) is 1.61. The Balaban J connectivity index is 2.39. The van der Waals surface area contributed by atoms with Crippen molar-refractivity contribution in [2.75, 3.05) is 6.54 Å². The summed E-state index contributed by atoms with van der Waals surface area (Å²) in [6, 6.07) is 0. The van der Waals surface area contributed by atoms with Crippen LogP contribution in [0.15, 0.2) is 12.7 Å². The number of nitrogens with one attached hydrogen (secondary N) is 1. The van der Waals surface area contributed by atoms with Gasteiger partial charge in [-0.2, -0.15) is 0 Å². The summed E-state index contributed by atoms with van der Waals surface area (Å²) in [6.45, 7) is 7.23. The van der Waals surface area contributed by atoms with E-state index in [-0.39, 0.29) is 0 Å². The molecule has 1 aliphatic heterocycles. The van der Waals surface area contributed by atoms with Crippen molar-refractivity contribution in [3.05, 3.63) is 12.7 Å². The molecule has 1 heteroatoms. The quantitative estimate of drug-likeness (QED) is 0.578. The minimum atomic E-state index is 0.361. The van der Waals surface area contributed by atoms with Crippen LogP contribution in [0.25, 0.3) is 0 Å². The van der Waals surface area contributed by atoms with Gasteiger partial charge in [-0.3, -0.25) is 0 Å². The van der Waals surface area contributed by atoms with Gasteiger partial charge in [0.2, 0.25) is 0 Å². The molecule has 1 heterocycles. The Labute approximate surface area is 63.5 Å². The van der Waals surface area contributed by atoms with E-state index in [0.29, 0.717) is 5.54 Å². The smallest absolute Gasteiger partial charge is 0.0187 e. The van der Waals surface area contributed by atoms with Crippen LogP contribution < -0.4 is 5.32 Å². The minimum Gasteiger partial charge on any atom is -0.311 e. The Morgan fingerprint density at radius 2 is 2.40 bits per heavy atom. The molecule has 0 radical (unpaired) electrons. The van der Waals surface area contributed by atoms with Crippen molar-refractivity contribution < 1.29 is 0 Å². The average Bonchev–Trinajstić information content (AvgIpc) is 1.89. The molecule has 0 aromatic carbocycles. The number of hydrogen-bond acceptors (Lipinski definition) is 1. The van der Waals surface area contributed by atoms with Crippen LogP contribution in [0.1, 0.15) is 32.6 Å². The monoisotopic (exact) mass is 139 g/mol. The highest BCUT2D eigenvalue weighted by Gasteiger charge is 2.23. The lowest BCUT2D eigenvalue weighted by Gasteiger charge is -2.34. The van der Waals surface area contributed by atoms with E-state index in [2.05, 4.69) is 18.8 Å². The number of rotatable bonds is 2. The van der Waals surface area contributed by atoms with Gasteiger partial charge in [-0.1, -0.05) is 12.5 Å². The predicted octanol–water partition coefficient (Wildman–Crippen LogP) is 2.09. The molecule has 0 bridgehead atoms. The molecule has 0 aromatic heterocycles. The highest BCUT2D eigenvalue weighted by atomic mass is 15.0. The summed E-state index contributed by atoms with van der Waals surface area (Å²) in [6.07, 6.45) is 7.13. The van der Waals surface area contributed by atoms with Crippen molar-refractivity contribution >= 4 is 0 Å². The van der Waals surface area contributed by atoms with Crippen LogP contribution in [0, 0.1) is 0 Å². The Bertz CT molecular complexity index is 112. The molecule has 58 valence electrons. The van der Waals surface area contributed by atoms with Crippen LogP contribution in [0.3, 0.4) is 0 Å². The molecular weight excluding hydrogens is 122 g/mol. The van der Waals surface area contributed by atoms with Crippen LogP contribution in [-0.4, -0.2) is 12.1 Å². The summed E-state index contributed by atoms with van der Waals surface area (Å²) in [5.41, 5.74) is 0.361. The number of piperidine rings is 1. The summed E-state index contributed by atoms with van der Waals surface area (Å²) < 4.78 is 0. The third-order valence-corrected chi connectivity index (χ3v) is 2.30. The topological polar surface area (TPSA) is 12.0 Å². The normalized spacial score (nSPS) is 33.7. The Morgan fingerprint density at radius 1 is 1.60 bits per heavy atom.